The summed E-state index contributed by atoms with van der Waals surface area (Å²) in [7, 11) is 0. The van der Waals surface area contributed by atoms with E-state index in [0.29, 0.717) is 12.2 Å². The average Bonchev–Trinajstić information content (AvgIpc) is 2.60. The fourth-order valence-corrected chi connectivity index (χ4v) is 2.81. The number of fused-ring (bicyclic) bond motifs is 1. The predicted molar refractivity (Wildman–Crippen MR) is 87.7 cm³/mol. The van der Waals surface area contributed by atoms with Gasteiger partial charge >= 0.3 is 6.18 Å². The highest BCUT2D eigenvalue weighted by atomic mass is 19.4. The number of hydrogen-bond donors (Lipinski definition) is 1. The highest BCUT2D eigenvalue weighted by molar-refractivity contribution is 5.81. The van der Waals surface area contributed by atoms with Crippen LogP contribution < -0.4 is 10.1 Å². The lowest BCUT2D eigenvalue weighted by Crippen LogP contribution is -2.41. The molecule has 0 radical (unpaired) electrons. The Morgan fingerprint density at radius 2 is 2.08 bits per heavy atom. The summed E-state index contributed by atoms with van der Waals surface area (Å²) in [6, 6.07) is 8.42. The number of nitrogens with zero attached hydrogens (tertiary/aromatic N) is 2. The molecular weight excluding hydrogens is 347 g/mol. The van der Waals surface area contributed by atoms with E-state index in [1.165, 1.54) is 6.92 Å². The zero-order valence-corrected chi connectivity index (χ0v) is 14.1. The second kappa shape index (κ2) is 7.31. The maximum Gasteiger partial charge on any atom is 0.433 e. The Labute approximate surface area is 148 Å². The Morgan fingerprint density at radius 1 is 1.31 bits per heavy atom. The molecule has 1 N–H and O–H groups in total. The van der Waals surface area contributed by atoms with E-state index in [0.717, 1.165) is 18.1 Å². The van der Waals surface area contributed by atoms with Crippen LogP contribution in [0.2, 0.25) is 0 Å². The van der Waals surface area contributed by atoms with Crippen LogP contribution in [-0.4, -0.2) is 28.5 Å². The highest BCUT2D eigenvalue weighted by Crippen LogP contribution is 2.28. The third-order valence-corrected chi connectivity index (χ3v) is 4.05. The van der Waals surface area contributed by atoms with Crippen molar-refractivity contribution in [3.63, 3.8) is 0 Å². The van der Waals surface area contributed by atoms with Crippen molar-refractivity contribution in [3.05, 3.63) is 53.1 Å². The minimum atomic E-state index is -4.52. The van der Waals surface area contributed by atoms with E-state index >= 15 is 0 Å². The number of para-hydroxylation sites is 1. The second-order valence-corrected chi connectivity index (χ2v) is 6.10. The fourth-order valence-electron chi connectivity index (χ4n) is 2.81. The van der Waals surface area contributed by atoms with Crippen LogP contribution in [0, 0.1) is 6.92 Å². The van der Waals surface area contributed by atoms with Crippen molar-refractivity contribution in [1.29, 1.82) is 0 Å². The van der Waals surface area contributed by atoms with E-state index in [1.54, 1.807) is 0 Å². The van der Waals surface area contributed by atoms with Gasteiger partial charge in [-0.1, -0.05) is 18.2 Å². The maximum atomic E-state index is 12.8. The van der Waals surface area contributed by atoms with E-state index in [-0.39, 0.29) is 30.4 Å². The number of rotatable bonds is 4. The maximum absolute atomic E-state index is 12.8. The molecule has 0 saturated heterocycles. The summed E-state index contributed by atoms with van der Waals surface area (Å²) in [5, 5.41) is 2.68. The van der Waals surface area contributed by atoms with Crippen LogP contribution in [0.4, 0.5) is 13.2 Å². The molecule has 0 saturated carbocycles. The predicted octanol–water partition coefficient (Wildman–Crippen LogP) is 2.86. The van der Waals surface area contributed by atoms with Crippen LogP contribution in [0.15, 0.2) is 30.3 Å². The monoisotopic (exact) mass is 365 g/mol. The van der Waals surface area contributed by atoms with Gasteiger partial charge in [-0.15, -0.1) is 0 Å². The van der Waals surface area contributed by atoms with Crippen LogP contribution in [-0.2, 0) is 23.8 Å². The summed E-state index contributed by atoms with van der Waals surface area (Å²) in [6.07, 6.45) is -3.71. The molecule has 0 bridgehead atoms. The summed E-state index contributed by atoms with van der Waals surface area (Å²) >= 11 is 0. The standard InChI is InChI=1S/C18H18F3N3O2/c1-11-10-15(18(19,20)21)24-16(23-11)8-9-22-17(25)14-7-6-12-4-2-3-5-13(12)26-14/h2-5,10,14H,6-9H2,1H3,(H,22,25). The van der Waals surface area contributed by atoms with E-state index in [1.807, 2.05) is 24.3 Å². The first-order valence-corrected chi connectivity index (χ1v) is 8.27. The van der Waals surface area contributed by atoms with E-state index < -0.39 is 18.0 Å². The molecule has 2 aromatic rings. The van der Waals surface area contributed by atoms with E-state index in [4.69, 9.17) is 4.74 Å². The number of nitrogens with one attached hydrogen (secondary N) is 1. The molecule has 0 fully saturated rings. The lowest BCUT2D eigenvalue weighted by molar-refractivity contribution is -0.141. The molecule has 1 aromatic carbocycles. The summed E-state index contributed by atoms with van der Waals surface area (Å²) in [6.45, 7) is 1.62. The van der Waals surface area contributed by atoms with Gasteiger partial charge in [0, 0.05) is 18.7 Å². The Balaban J connectivity index is 1.56. The number of halogens is 3. The number of hydrogen-bond acceptors (Lipinski definition) is 4. The average molecular weight is 365 g/mol. The topological polar surface area (TPSA) is 64.1 Å². The number of benzene rings is 1. The SMILES string of the molecule is Cc1cc(C(F)(F)F)nc(CCNC(=O)C2CCc3ccccc3O2)n1. The van der Waals surface area contributed by atoms with Gasteiger partial charge in [-0.25, -0.2) is 9.97 Å². The van der Waals surface area contributed by atoms with Crippen LogP contribution in [0.25, 0.3) is 0 Å². The lowest BCUT2D eigenvalue weighted by atomic mass is 10.0. The van der Waals surface area contributed by atoms with Gasteiger partial charge in [0.05, 0.1) is 0 Å². The molecular formula is C18H18F3N3O2. The van der Waals surface area contributed by atoms with Crippen molar-refractivity contribution in [2.24, 2.45) is 0 Å². The fraction of sp³-hybridized carbons (Fsp3) is 0.389. The van der Waals surface area contributed by atoms with Crippen LogP contribution >= 0.6 is 0 Å². The number of amides is 1. The molecule has 138 valence electrons. The second-order valence-electron chi connectivity index (χ2n) is 6.10. The van der Waals surface area contributed by atoms with Gasteiger partial charge in [-0.2, -0.15) is 13.2 Å². The lowest BCUT2D eigenvalue weighted by Gasteiger charge is -2.25. The first kappa shape index (κ1) is 18.2. The third kappa shape index (κ3) is 4.30. The van der Waals surface area contributed by atoms with Crippen molar-refractivity contribution >= 4 is 5.91 Å². The van der Waals surface area contributed by atoms with Crippen molar-refractivity contribution in [1.82, 2.24) is 15.3 Å². The largest absolute Gasteiger partial charge is 0.480 e. The smallest absolute Gasteiger partial charge is 0.433 e. The molecule has 0 spiro atoms. The summed E-state index contributed by atoms with van der Waals surface area (Å²) in [5.74, 6) is 0.450. The first-order valence-electron chi connectivity index (χ1n) is 8.27. The van der Waals surface area contributed by atoms with Crippen molar-refractivity contribution in [2.75, 3.05) is 6.54 Å². The molecule has 3 rings (SSSR count). The summed E-state index contributed by atoms with van der Waals surface area (Å²) in [4.78, 5) is 19.8. The van der Waals surface area contributed by atoms with Crippen LogP contribution in [0.3, 0.4) is 0 Å². The van der Waals surface area contributed by atoms with Crippen molar-refractivity contribution in [3.8, 4) is 5.75 Å². The number of carbonyl (C=O) groups is 1. The number of aryl methyl sites for hydroxylation is 2. The van der Waals surface area contributed by atoms with Gasteiger partial charge in [0.2, 0.25) is 0 Å². The zero-order valence-electron chi connectivity index (χ0n) is 14.1. The Hall–Kier alpha value is -2.64. The van der Waals surface area contributed by atoms with Crippen LogP contribution in [0.1, 0.15) is 29.2 Å². The van der Waals surface area contributed by atoms with Crippen molar-refractivity contribution < 1.29 is 22.7 Å². The molecule has 5 nitrogen and oxygen atoms in total. The molecule has 1 aliphatic rings. The van der Waals surface area contributed by atoms with Gasteiger partial charge in [0.15, 0.2) is 6.10 Å². The van der Waals surface area contributed by atoms with Gasteiger partial charge in [0.25, 0.3) is 5.91 Å². The van der Waals surface area contributed by atoms with Crippen LogP contribution in [0.5, 0.6) is 5.75 Å². The van der Waals surface area contributed by atoms with Gasteiger partial charge in [-0.05, 0) is 37.5 Å². The van der Waals surface area contributed by atoms with E-state index in [2.05, 4.69) is 15.3 Å². The molecule has 26 heavy (non-hydrogen) atoms. The summed E-state index contributed by atoms with van der Waals surface area (Å²) in [5.41, 5.74) is 0.323. The molecule has 8 heteroatoms. The third-order valence-electron chi connectivity index (χ3n) is 4.05. The quantitative estimate of drug-likeness (QED) is 0.905. The molecule has 0 aliphatic carbocycles. The normalized spacial score (nSPS) is 16.5. The zero-order chi connectivity index (χ0) is 18.7. The summed E-state index contributed by atoms with van der Waals surface area (Å²) < 4.78 is 44.0. The number of carbonyl (C=O) groups excluding carboxylic acids is 1. The number of aromatic nitrogens is 2. The Morgan fingerprint density at radius 3 is 2.85 bits per heavy atom. The number of ether oxygens (including phenoxy) is 1. The molecule has 1 aliphatic heterocycles. The van der Waals surface area contributed by atoms with Crippen molar-refractivity contribution in [2.45, 2.75) is 38.5 Å². The first-order chi connectivity index (χ1) is 12.3. The number of alkyl halides is 3. The highest BCUT2D eigenvalue weighted by Gasteiger charge is 2.33. The Bertz CT molecular complexity index is 809. The van der Waals surface area contributed by atoms with Gasteiger partial charge in [0.1, 0.15) is 17.3 Å². The van der Waals surface area contributed by atoms with Gasteiger partial charge in [-0.3, -0.25) is 4.79 Å². The molecule has 2 heterocycles. The molecule has 1 aromatic heterocycles. The Kier molecular flexibility index (Phi) is 5.11. The molecule has 1 amide bonds. The minimum absolute atomic E-state index is 0.0486. The molecule has 1 atom stereocenters. The molecule has 1 unspecified atom stereocenters. The van der Waals surface area contributed by atoms with E-state index in [9.17, 15) is 18.0 Å². The minimum Gasteiger partial charge on any atom is -0.480 e. The van der Waals surface area contributed by atoms with Gasteiger partial charge < -0.3 is 10.1 Å².